The third kappa shape index (κ3) is 4.76. The number of hydrogen-bond donors (Lipinski definition) is 3. The molecule has 0 heterocycles. The molecule has 2 aromatic carbocycles. The van der Waals surface area contributed by atoms with Crippen LogP contribution in [0.4, 0.5) is 0 Å². The summed E-state index contributed by atoms with van der Waals surface area (Å²) in [7, 11) is 0. The van der Waals surface area contributed by atoms with Gasteiger partial charge in [-0.05, 0) is 49.4 Å². The molecule has 118 valence electrons. The van der Waals surface area contributed by atoms with Crippen LogP contribution in [0.2, 0.25) is 0 Å². The lowest BCUT2D eigenvalue weighted by atomic mass is 10.1. The molecular weight excluding hydrogens is 276 g/mol. The molecule has 1 unspecified atom stereocenters. The predicted molar refractivity (Wildman–Crippen MR) is 88.6 cm³/mol. The first-order valence-corrected chi connectivity index (χ1v) is 7.62. The summed E-state index contributed by atoms with van der Waals surface area (Å²) in [4.78, 5) is 0. The molecule has 4 N–H and O–H groups in total. The van der Waals surface area contributed by atoms with Gasteiger partial charge in [-0.25, -0.2) is 5.01 Å². The standard InChI is InChI=1S/C18H24N2O2/c1-14(7-8-15-5-3-2-4-6-15)20(19)12-11-16-9-10-17(21)18(22)13-16/h2-6,9-10,13-14,21-22H,7-8,11-12,19H2,1H3. The van der Waals surface area contributed by atoms with Gasteiger partial charge < -0.3 is 10.2 Å². The normalized spacial score (nSPS) is 12.5. The van der Waals surface area contributed by atoms with Gasteiger partial charge in [-0.2, -0.15) is 0 Å². The van der Waals surface area contributed by atoms with Gasteiger partial charge in [0.15, 0.2) is 11.5 Å². The van der Waals surface area contributed by atoms with Gasteiger partial charge in [0.1, 0.15) is 0 Å². The van der Waals surface area contributed by atoms with Gasteiger partial charge in [0.2, 0.25) is 0 Å². The van der Waals surface area contributed by atoms with Crippen LogP contribution in [0, 0.1) is 0 Å². The molecule has 0 fully saturated rings. The fraction of sp³-hybridized carbons (Fsp3) is 0.333. The van der Waals surface area contributed by atoms with Gasteiger partial charge in [0, 0.05) is 12.6 Å². The smallest absolute Gasteiger partial charge is 0.157 e. The molecule has 4 heteroatoms. The summed E-state index contributed by atoms with van der Waals surface area (Å²) in [5.41, 5.74) is 2.28. The van der Waals surface area contributed by atoms with E-state index in [9.17, 15) is 10.2 Å². The number of phenolic OH excluding ortho intramolecular Hbond substituents is 2. The van der Waals surface area contributed by atoms with Gasteiger partial charge in [-0.3, -0.25) is 5.84 Å². The lowest BCUT2D eigenvalue weighted by Gasteiger charge is -2.24. The summed E-state index contributed by atoms with van der Waals surface area (Å²) in [5, 5.41) is 20.6. The number of hydrazine groups is 1. The Bertz CT molecular complexity index is 587. The minimum atomic E-state index is -0.0930. The van der Waals surface area contributed by atoms with Gasteiger partial charge >= 0.3 is 0 Å². The Morgan fingerprint density at radius 3 is 2.36 bits per heavy atom. The van der Waals surface area contributed by atoms with Crippen LogP contribution in [0.3, 0.4) is 0 Å². The molecule has 0 saturated heterocycles. The second kappa shape index (κ2) is 7.82. The van der Waals surface area contributed by atoms with Crippen molar-refractivity contribution in [2.24, 2.45) is 5.84 Å². The van der Waals surface area contributed by atoms with Crippen LogP contribution in [0.5, 0.6) is 11.5 Å². The number of phenols is 2. The Morgan fingerprint density at radius 2 is 1.68 bits per heavy atom. The first kappa shape index (κ1) is 16.3. The number of aryl methyl sites for hydroxylation is 1. The van der Waals surface area contributed by atoms with E-state index in [0.717, 1.165) is 24.8 Å². The fourth-order valence-electron chi connectivity index (χ4n) is 2.39. The first-order chi connectivity index (χ1) is 10.6. The van der Waals surface area contributed by atoms with Crippen LogP contribution in [-0.2, 0) is 12.8 Å². The Kier molecular flexibility index (Phi) is 5.81. The summed E-state index contributed by atoms with van der Waals surface area (Å²) < 4.78 is 0. The zero-order valence-electron chi connectivity index (χ0n) is 12.9. The third-order valence-electron chi connectivity index (χ3n) is 3.96. The minimum Gasteiger partial charge on any atom is -0.504 e. The van der Waals surface area contributed by atoms with Crippen molar-refractivity contribution in [3.8, 4) is 11.5 Å². The van der Waals surface area contributed by atoms with E-state index in [2.05, 4.69) is 31.2 Å². The zero-order valence-corrected chi connectivity index (χ0v) is 12.9. The summed E-state index contributed by atoms with van der Waals surface area (Å²) in [6.45, 7) is 2.83. The number of aromatic hydroxyl groups is 2. The van der Waals surface area contributed by atoms with Crippen LogP contribution in [0.25, 0.3) is 0 Å². The quantitative estimate of drug-likeness (QED) is 0.418. The van der Waals surface area contributed by atoms with Gasteiger partial charge in [-0.1, -0.05) is 36.4 Å². The number of nitrogens with two attached hydrogens (primary N) is 1. The molecule has 0 radical (unpaired) electrons. The minimum absolute atomic E-state index is 0.0850. The van der Waals surface area contributed by atoms with Crippen molar-refractivity contribution >= 4 is 0 Å². The molecular formula is C18H24N2O2. The summed E-state index contributed by atoms with van der Waals surface area (Å²) in [6.07, 6.45) is 2.75. The van der Waals surface area contributed by atoms with Crippen LogP contribution >= 0.6 is 0 Å². The summed E-state index contributed by atoms with van der Waals surface area (Å²) >= 11 is 0. The van der Waals surface area contributed by atoms with Gasteiger partial charge in [-0.15, -0.1) is 0 Å². The maximum atomic E-state index is 9.49. The van der Waals surface area contributed by atoms with Crippen molar-refractivity contribution in [1.29, 1.82) is 0 Å². The van der Waals surface area contributed by atoms with Crippen molar-refractivity contribution in [2.45, 2.75) is 32.2 Å². The van der Waals surface area contributed by atoms with Crippen molar-refractivity contribution in [2.75, 3.05) is 6.54 Å². The average Bonchev–Trinajstić information content (AvgIpc) is 2.54. The second-order valence-corrected chi connectivity index (χ2v) is 5.68. The van der Waals surface area contributed by atoms with E-state index >= 15 is 0 Å². The molecule has 4 nitrogen and oxygen atoms in total. The maximum Gasteiger partial charge on any atom is 0.157 e. The summed E-state index contributed by atoms with van der Waals surface area (Å²) in [6, 6.07) is 15.6. The van der Waals surface area contributed by atoms with Crippen LogP contribution in [-0.4, -0.2) is 27.8 Å². The Labute approximate surface area is 131 Å². The van der Waals surface area contributed by atoms with Crippen LogP contribution < -0.4 is 5.84 Å². The average molecular weight is 300 g/mol. The van der Waals surface area contributed by atoms with Crippen LogP contribution in [0.1, 0.15) is 24.5 Å². The highest BCUT2D eigenvalue weighted by Gasteiger charge is 2.10. The number of hydrogen-bond acceptors (Lipinski definition) is 4. The second-order valence-electron chi connectivity index (χ2n) is 5.68. The Hall–Kier alpha value is -2.04. The third-order valence-corrected chi connectivity index (χ3v) is 3.96. The van der Waals surface area contributed by atoms with Crippen molar-refractivity contribution < 1.29 is 10.2 Å². The highest BCUT2D eigenvalue weighted by molar-refractivity contribution is 5.40. The van der Waals surface area contributed by atoms with Crippen molar-refractivity contribution in [3.05, 3.63) is 59.7 Å². The molecule has 0 aliphatic carbocycles. The predicted octanol–water partition coefficient (Wildman–Crippen LogP) is 2.84. The van der Waals surface area contributed by atoms with E-state index in [1.165, 1.54) is 11.6 Å². The molecule has 2 rings (SSSR count). The lowest BCUT2D eigenvalue weighted by molar-refractivity contribution is 0.207. The molecule has 1 atom stereocenters. The molecule has 0 aliphatic heterocycles. The molecule has 22 heavy (non-hydrogen) atoms. The molecule has 0 aliphatic rings. The zero-order chi connectivity index (χ0) is 15.9. The van der Waals surface area contributed by atoms with Crippen molar-refractivity contribution in [3.63, 3.8) is 0 Å². The number of benzene rings is 2. The van der Waals surface area contributed by atoms with Gasteiger partial charge in [0.05, 0.1) is 0 Å². The fourth-order valence-corrected chi connectivity index (χ4v) is 2.39. The van der Waals surface area contributed by atoms with Gasteiger partial charge in [0.25, 0.3) is 0 Å². The topological polar surface area (TPSA) is 69.7 Å². The monoisotopic (exact) mass is 300 g/mol. The highest BCUT2D eigenvalue weighted by Crippen LogP contribution is 2.25. The van der Waals surface area contributed by atoms with E-state index in [4.69, 9.17) is 5.84 Å². The Balaban J connectivity index is 1.78. The number of rotatable bonds is 7. The molecule has 0 spiro atoms. The van der Waals surface area contributed by atoms with E-state index in [1.807, 2.05) is 11.1 Å². The SMILES string of the molecule is CC(CCc1ccccc1)N(N)CCc1ccc(O)c(O)c1. The Morgan fingerprint density at radius 1 is 0.955 bits per heavy atom. The lowest BCUT2D eigenvalue weighted by Crippen LogP contribution is -2.40. The molecule has 0 saturated carbocycles. The van der Waals surface area contributed by atoms with E-state index < -0.39 is 0 Å². The largest absolute Gasteiger partial charge is 0.504 e. The van der Waals surface area contributed by atoms with E-state index in [1.54, 1.807) is 12.1 Å². The van der Waals surface area contributed by atoms with Crippen molar-refractivity contribution in [1.82, 2.24) is 5.01 Å². The van der Waals surface area contributed by atoms with Crippen LogP contribution in [0.15, 0.2) is 48.5 Å². The van der Waals surface area contributed by atoms with E-state index in [-0.39, 0.29) is 17.5 Å². The first-order valence-electron chi connectivity index (χ1n) is 7.62. The number of nitrogens with zero attached hydrogens (tertiary/aromatic N) is 1. The molecule has 0 aromatic heterocycles. The maximum absolute atomic E-state index is 9.49. The molecule has 0 bridgehead atoms. The van der Waals surface area contributed by atoms with E-state index in [0.29, 0.717) is 6.54 Å². The molecule has 0 amide bonds. The molecule has 2 aromatic rings. The highest BCUT2D eigenvalue weighted by atomic mass is 16.3. The summed E-state index contributed by atoms with van der Waals surface area (Å²) in [5.74, 6) is 5.94.